The molecule has 0 radical (unpaired) electrons. The van der Waals surface area contributed by atoms with Crippen LogP contribution in [0.5, 0.6) is 0 Å². The summed E-state index contributed by atoms with van der Waals surface area (Å²) < 4.78 is 38.2. The Labute approximate surface area is 279 Å². The molecule has 4 heterocycles. The van der Waals surface area contributed by atoms with Crippen LogP contribution in [0.4, 0.5) is 0 Å². The lowest BCUT2D eigenvalue weighted by Gasteiger charge is -2.30. The number of carboxylic acid groups (broad SMARTS) is 1. The number of unbranched alkanes of at least 4 members (excludes halogenated alkanes) is 1. The molecular formula is C37H56O8S. The Hall–Kier alpha value is -1.59. The van der Waals surface area contributed by atoms with E-state index in [9.17, 15) is 4.79 Å². The van der Waals surface area contributed by atoms with Crippen LogP contribution in [-0.4, -0.2) is 68.1 Å². The topological polar surface area (TPSA) is 92.7 Å². The molecule has 258 valence electrons. The van der Waals surface area contributed by atoms with Crippen molar-refractivity contribution in [2.45, 2.75) is 147 Å². The number of hydrogen-bond acceptors (Lipinski definition) is 8. The monoisotopic (exact) mass is 660 g/mol. The molecule has 0 bridgehead atoms. The van der Waals surface area contributed by atoms with E-state index in [1.165, 1.54) is 10.4 Å². The van der Waals surface area contributed by atoms with Crippen molar-refractivity contribution in [3.05, 3.63) is 46.2 Å². The Kier molecular flexibility index (Phi) is 15.1. The molecule has 1 N–H and O–H groups in total. The lowest BCUT2D eigenvalue weighted by atomic mass is 9.89. The maximum absolute atomic E-state index is 11.0. The van der Waals surface area contributed by atoms with Crippen LogP contribution in [0.3, 0.4) is 0 Å². The van der Waals surface area contributed by atoms with Crippen LogP contribution in [0.15, 0.2) is 35.8 Å². The average Bonchev–Trinajstić information content (AvgIpc) is 3.63. The Bertz CT molecular complexity index is 1070. The molecule has 5 rings (SSSR count). The average molecular weight is 661 g/mol. The van der Waals surface area contributed by atoms with Crippen molar-refractivity contribution in [3.63, 3.8) is 0 Å². The predicted molar refractivity (Wildman–Crippen MR) is 179 cm³/mol. The third-order valence-electron chi connectivity index (χ3n) is 9.81. The molecule has 0 aromatic carbocycles. The third-order valence-corrected chi connectivity index (χ3v) is 10.7. The predicted octanol–water partition coefficient (Wildman–Crippen LogP) is 8.12. The number of aryl methyl sites for hydroxylation is 2. The van der Waals surface area contributed by atoms with Crippen molar-refractivity contribution in [3.8, 4) is 0 Å². The summed E-state index contributed by atoms with van der Waals surface area (Å²) in [6, 6.07) is 2.23. The van der Waals surface area contributed by atoms with Gasteiger partial charge in [0.05, 0.1) is 18.3 Å². The SMILES string of the molecule is Cc1sccc1CC[C@@H](C=C[C@@H]1[C@@H](CC=CCCCC(=O)O)[C@@H](OC2CCCCO2)C[C@H]1OC1CCCCO1)OC1CCCCO1. The van der Waals surface area contributed by atoms with Gasteiger partial charge in [-0.1, -0.05) is 24.3 Å². The highest BCUT2D eigenvalue weighted by Gasteiger charge is 2.45. The van der Waals surface area contributed by atoms with E-state index < -0.39 is 5.97 Å². The van der Waals surface area contributed by atoms with Gasteiger partial charge in [-0.25, -0.2) is 0 Å². The summed E-state index contributed by atoms with van der Waals surface area (Å²) >= 11 is 1.80. The largest absolute Gasteiger partial charge is 0.481 e. The smallest absolute Gasteiger partial charge is 0.303 e. The second-order valence-corrected chi connectivity index (χ2v) is 14.4. The molecule has 3 unspecified atom stereocenters. The van der Waals surface area contributed by atoms with Crippen molar-refractivity contribution >= 4 is 17.3 Å². The summed E-state index contributed by atoms with van der Waals surface area (Å²) in [5, 5.41) is 11.2. The van der Waals surface area contributed by atoms with Crippen LogP contribution in [0.2, 0.25) is 0 Å². The van der Waals surface area contributed by atoms with Gasteiger partial charge >= 0.3 is 5.97 Å². The van der Waals surface area contributed by atoms with Gasteiger partial charge in [0.15, 0.2) is 18.9 Å². The minimum atomic E-state index is -0.746. The first kappa shape index (κ1) is 35.7. The molecule has 46 heavy (non-hydrogen) atoms. The van der Waals surface area contributed by atoms with Crippen molar-refractivity contribution in [2.24, 2.45) is 11.8 Å². The maximum atomic E-state index is 11.0. The molecule has 1 saturated carbocycles. The summed E-state index contributed by atoms with van der Waals surface area (Å²) in [5.74, 6) is -0.439. The highest BCUT2D eigenvalue weighted by atomic mass is 32.1. The second kappa shape index (κ2) is 19.4. The molecular weight excluding hydrogens is 604 g/mol. The zero-order valence-electron chi connectivity index (χ0n) is 27.7. The van der Waals surface area contributed by atoms with Gasteiger partial charge < -0.3 is 33.5 Å². The molecule has 9 heteroatoms. The Morgan fingerprint density at radius 2 is 1.63 bits per heavy atom. The number of aliphatic carboxylic acids is 1. The molecule has 8 nitrogen and oxygen atoms in total. The molecule has 1 aromatic rings. The number of rotatable bonds is 17. The fourth-order valence-electron chi connectivity index (χ4n) is 7.18. The molecule has 1 aliphatic carbocycles. The minimum absolute atomic E-state index is 0.00971. The normalized spacial score (nSPS) is 31.5. The Balaban J connectivity index is 1.34. The van der Waals surface area contributed by atoms with Gasteiger partial charge in [-0.3, -0.25) is 4.79 Å². The highest BCUT2D eigenvalue weighted by Crippen LogP contribution is 2.42. The number of carboxylic acids is 1. The van der Waals surface area contributed by atoms with Crippen LogP contribution in [0.1, 0.15) is 107 Å². The van der Waals surface area contributed by atoms with Crippen molar-refractivity contribution in [1.29, 1.82) is 0 Å². The van der Waals surface area contributed by atoms with Gasteiger partial charge in [0.1, 0.15) is 0 Å². The minimum Gasteiger partial charge on any atom is -0.481 e. The molecule has 0 spiro atoms. The Morgan fingerprint density at radius 1 is 0.957 bits per heavy atom. The molecule has 1 aromatic heterocycles. The Morgan fingerprint density at radius 3 is 2.24 bits per heavy atom. The van der Waals surface area contributed by atoms with E-state index in [0.717, 1.165) is 110 Å². The number of thiophene rings is 1. The number of ether oxygens (including phenoxy) is 6. The molecule has 4 aliphatic rings. The van der Waals surface area contributed by atoms with Crippen molar-refractivity contribution in [2.75, 3.05) is 19.8 Å². The highest BCUT2D eigenvalue weighted by molar-refractivity contribution is 7.10. The molecule has 0 amide bonds. The van der Waals surface area contributed by atoms with Gasteiger partial charge in [-0.05, 0) is 120 Å². The van der Waals surface area contributed by atoms with Gasteiger partial charge in [-0.2, -0.15) is 0 Å². The van der Waals surface area contributed by atoms with Gasteiger partial charge in [0.2, 0.25) is 0 Å². The summed E-state index contributed by atoms with van der Waals surface area (Å²) in [4.78, 5) is 12.4. The van der Waals surface area contributed by atoms with Crippen LogP contribution in [0, 0.1) is 18.8 Å². The van der Waals surface area contributed by atoms with Crippen LogP contribution < -0.4 is 0 Å². The molecule has 4 fully saturated rings. The van der Waals surface area contributed by atoms with Gasteiger partial charge in [-0.15, -0.1) is 11.3 Å². The number of allylic oxidation sites excluding steroid dienone is 2. The second-order valence-electron chi connectivity index (χ2n) is 13.3. The number of carbonyl (C=O) groups is 1. The number of hydrogen-bond donors (Lipinski definition) is 1. The van der Waals surface area contributed by atoms with E-state index in [1.807, 2.05) is 0 Å². The van der Waals surface area contributed by atoms with Crippen LogP contribution in [-0.2, 0) is 39.6 Å². The zero-order chi connectivity index (χ0) is 32.0. The molecule has 8 atom stereocenters. The summed E-state index contributed by atoms with van der Waals surface area (Å²) in [5.41, 5.74) is 1.39. The summed E-state index contributed by atoms with van der Waals surface area (Å²) in [7, 11) is 0. The lowest BCUT2D eigenvalue weighted by molar-refractivity contribution is -0.203. The fourth-order valence-corrected chi connectivity index (χ4v) is 7.93. The first-order valence-electron chi connectivity index (χ1n) is 17.9. The van der Waals surface area contributed by atoms with Gasteiger partial charge in [0, 0.05) is 43.5 Å². The van der Waals surface area contributed by atoms with Crippen molar-refractivity contribution < 1.29 is 38.3 Å². The van der Waals surface area contributed by atoms with E-state index in [-0.39, 0.29) is 55.4 Å². The van der Waals surface area contributed by atoms with Gasteiger partial charge in [0.25, 0.3) is 0 Å². The quantitative estimate of drug-likeness (QED) is 0.132. The molecule has 3 aliphatic heterocycles. The maximum Gasteiger partial charge on any atom is 0.303 e. The summed E-state index contributed by atoms with van der Waals surface area (Å²) in [6.07, 6.45) is 22.8. The van der Waals surface area contributed by atoms with E-state index in [1.54, 1.807) is 11.3 Å². The van der Waals surface area contributed by atoms with E-state index in [0.29, 0.717) is 6.42 Å². The van der Waals surface area contributed by atoms with Crippen molar-refractivity contribution in [1.82, 2.24) is 0 Å². The van der Waals surface area contributed by atoms with Crippen LogP contribution in [0.25, 0.3) is 0 Å². The first-order valence-corrected chi connectivity index (χ1v) is 18.8. The first-order chi connectivity index (χ1) is 22.5. The van der Waals surface area contributed by atoms with E-state index in [4.69, 9.17) is 33.5 Å². The standard InChI is InChI=1S/C37H56O8S/c1-27-28(21-25-46-27)17-18-29(43-35-14-6-9-22-40-35)19-20-31-30(12-4-2-3-5-13-34(38)39)32(44-36-15-7-10-23-41-36)26-33(31)45-37-16-8-11-24-42-37/h2,4,19-21,25,29-33,35-37H,3,5-18,22-24,26H2,1H3,(H,38,39)/t29-,30+,31+,32-,33+,35?,36?,37?/m0/s1. The summed E-state index contributed by atoms with van der Waals surface area (Å²) in [6.45, 7) is 4.44. The molecule has 3 saturated heterocycles. The van der Waals surface area contributed by atoms with E-state index in [2.05, 4.69) is 42.7 Å². The fraction of sp³-hybridized carbons (Fsp3) is 0.757. The third kappa shape index (κ3) is 11.5. The van der Waals surface area contributed by atoms with Crippen LogP contribution >= 0.6 is 11.3 Å². The lowest BCUT2D eigenvalue weighted by Crippen LogP contribution is -2.31. The van der Waals surface area contributed by atoms with E-state index >= 15 is 0 Å². The zero-order valence-corrected chi connectivity index (χ0v) is 28.5.